The summed E-state index contributed by atoms with van der Waals surface area (Å²) in [7, 11) is 0. The molecule has 1 aromatic heterocycles. The van der Waals surface area contributed by atoms with Crippen LogP contribution >= 0.6 is 23.6 Å². The highest BCUT2D eigenvalue weighted by atomic mass is 32.1. The van der Waals surface area contributed by atoms with Crippen LogP contribution in [0.4, 0.5) is 5.00 Å². The van der Waals surface area contributed by atoms with Gasteiger partial charge in [0.25, 0.3) is 5.91 Å². The van der Waals surface area contributed by atoms with Gasteiger partial charge in [-0.25, -0.2) is 4.79 Å². The van der Waals surface area contributed by atoms with Gasteiger partial charge >= 0.3 is 5.97 Å². The summed E-state index contributed by atoms with van der Waals surface area (Å²) >= 11 is 6.84. The second-order valence-electron chi connectivity index (χ2n) is 7.23. The maximum Gasteiger partial charge on any atom is 0.341 e. The molecular weight excluding hydrogens is 420 g/mol. The number of ether oxygens (including phenoxy) is 2. The Morgan fingerprint density at radius 1 is 1.17 bits per heavy atom. The number of nitrogens with one attached hydrogen (secondary N) is 2. The Kier molecular flexibility index (Phi) is 7.44. The minimum atomic E-state index is -0.353. The lowest BCUT2D eigenvalue weighted by atomic mass is 9.95. The van der Waals surface area contributed by atoms with Crippen molar-refractivity contribution in [2.75, 3.05) is 11.9 Å². The number of thiophene rings is 1. The molecule has 3 rings (SSSR count). The van der Waals surface area contributed by atoms with Gasteiger partial charge in [-0.15, -0.1) is 11.3 Å². The standard InChI is InChI=1S/C22H26N2O4S2/c1-4-27-21(26)18-16-7-5-6-8-17(16)30-20(18)24-22(29)23-19(25)14-9-11-15(12-10-14)28-13(2)3/h9-13H,4-8H2,1-3H3,(H2,23,24,25,29). The van der Waals surface area contributed by atoms with Gasteiger partial charge in [0.2, 0.25) is 0 Å². The van der Waals surface area contributed by atoms with Crippen LogP contribution in [0.25, 0.3) is 0 Å². The molecule has 1 amide bonds. The fourth-order valence-electron chi connectivity index (χ4n) is 3.34. The summed E-state index contributed by atoms with van der Waals surface area (Å²) in [6.45, 7) is 5.97. The molecule has 2 aromatic rings. The molecule has 1 aliphatic rings. The van der Waals surface area contributed by atoms with Crippen LogP contribution in [-0.2, 0) is 17.6 Å². The predicted octanol–water partition coefficient (Wildman–Crippen LogP) is 4.72. The molecule has 8 heteroatoms. The summed E-state index contributed by atoms with van der Waals surface area (Å²) in [6.07, 6.45) is 4.01. The van der Waals surface area contributed by atoms with E-state index < -0.39 is 0 Å². The maximum absolute atomic E-state index is 12.5. The summed E-state index contributed by atoms with van der Waals surface area (Å²) in [4.78, 5) is 26.2. The first-order valence-electron chi connectivity index (χ1n) is 10.1. The van der Waals surface area contributed by atoms with Gasteiger partial charge < -0.3 is 14.8 Å². The summed E-state index contributed by atoms with van der Waals surface area (Å²) in [5.74, 6) is 0.0161. The normalized spacial score (nSPS) is 12.8. The van der Waals surface area contributed by atoms with Crippen molar-refractivity contribution in [3.63, 3.8) is 0 Å². The minimum Gasteiger partial charge on any atom is -0.491 e. The van der Waals surface area contributed by atoms with E-state index in [1.165, 1.54) is 16.2 Å². The van der Waals surface area contributed by atoms with Crippen LogP contribution in [0.2, 0.25) is 0 Å². The summed E-state index contributed by atoms with van der Waals surface area (Å²) in [6, 6.07) is 6.86. The zero-order valence-electron chi connectivity index (χ0n) is 17.4. The molecule has 1 heterocycles. The number of amides is 1. The molecule has 0 aliphatic heterocycles. The van der Waals surface area contributed by atoms with E-state index in [9.17, 15) is 9.59 Å². The predicted molar refractivity (Wildman–Crippen MR) is 123 cm³/mol. The van der Waals surface area contributed by atoms with Gasteiger partial charge in [0.05, 0.1) is 18.3 Å². The monoisotopic (exact) mass is 446 g/mol. The third-order valence-electron chi connectivity index (χ3n) is 4.59. The molecule has 2 N–H and O–H groups in total. The second kappa shape index (κ2) is 10.0. The fraction of sp³-hybridized carbons (Fsp3) is 0.409. The SMILES string of the molecule is CCOC(=O)c1c(NC(=S)NC(=O)c2ccc(OC(C)C)cc2)sc2c1CCCC2. The molecule has 1 aliphatic carbocycles. The Hall–Kier alpha value is -2.45. The van der Waals surface area contributed by atoms with Crippen molar-refractivity contribution in [2.45, 2.75) is 52.6 Å². The number of anilines is 1. The zero-order valence-corrected chi connectivity index (χ0v) is 19.0. The number of thiocarbonyl (C=S) groups is 1. The average Bonchev–Trinajstić information content (AvgIpc) is 3.05. The molecule has 0 saturated carbocycles. The van der Waals surface area contributed by atoms with E-state index in [4.69, 9.17) is 21.7 Å². The van der Waals surface area contributed by atoms with Gasteiger partial charge in [-0.1, -0.05) is 0 Å². The number of benzene rings is 1. The Balaban J connectivity index is 1.70. The number of carbonyl (C=O) groups is 2. The zero-order chi connectivity index (χ0) is 21.7. The van der Waals surface area contributed by atoms with Crippen molar-refractivity contribution >= 4 is 45.5 Å². The van der Waals surface area contributed by atoms with Crippen molar-refractivity contribution in [2.24, 2.45) is 0 Å². The lowest BCUT2D eigenvalue weighted by Gasteiger charge is -2.13. The maximum atomic E-state index is 12.5. The van der Waals surface area contributed by atoms with Crippen molar-refractivity contribution in [1.82, 2.24) is 5.32 Å². The van der Waals surface area contributed by atoms with Crippen molar-refractivity contribution in [3.05, 3.63) is 45.8 Å². The number of hydrogen-bond donors (Lipinski definition) is 2. The highest BCUT2D eigenvalue weighted by Crippen LogP contribution is 2.38. The largest absolute Gasteiger partial charge is 0.491 e. The van der Waals surface area contributed by atoms with E-state index >= 15 is 0 Å². The van der Waals surface area contributed by atoms with Crippen molar-refractivity contribution in [3.8, 4) is 5.75 Å². The third kappa shape index (κ3) is 5.37. The minimum absolute atomic E-state index is 0.0617. The highest BCUT2D eigenvalue weighted by molar-refractivity contribution is 7.80. The van der Waals surface area contributed by atoms with E-state index in [1.807, 2.05) is 13.8 Å². The van der Waals surface area contributed by atoms with Crippen LogP contribution < -0.4 is 15.4 Å². The molecule has 160 valence electrons. The van der Waals surface area contributed by atoms with Crippen LogP contribution in [0, 0.1) is 0 Å². The van der Waals surface area contributed by atoms with Gasteiger partial charge in [0.1, 0.15) is 10.8 Å². The highest BCUT2D eigenvalue weighted by Gasteiger charge is 2.27. The Labute approximate surface area is 186 Å². The van der Waals surface area contributed by atoms with Gasteiger partial charge in [0.15, 0.2) is 5.11 Å². The summed E-state index contributed by atoms with van der Waals surface area (Å²) in [5.41, 5.74) is 2.05. The van der Waals surface area contributed by atoms with Gasteiger partial charge in [-0.2, -0.15) is 0 Å². The molecule has 0 unspecified atom stereocenters. The quantitative estimate of drug-likeness (QED) is 0.494. The second-order valence-corrected chi connectivity index (χ2v) is 8.75. The van der Waals surface area contributed by atoms with Crippen LogP contribution in [-0.4, -0.2) is 29.7 Å². The third-order valence-corrected chi connectivity index (χ3v) is 6.00. The average molecular weight is 447 g/mol. The first-order valence-corrected chi connectivity index (χ1v) is 11.3. The number of carbonyl (C=O) groups excluding carboxylic acids is 2. The van der Waals surface area contributed by atoms with Gasteiger partial charge in [-0.05, 0) is 88.5 Å². The number of fused-ring (bicyclic) bond motifs is 1. The number of esters is 1. The van der Waals surface area contributed by atoms with Crippen molar-refractivity contribution < 1.29 is 19.1 Å². The summed E-state index contributed by atoms with van der Waals surface area (Å²) in [5, 5.41) is 6.49. The number of rotatable bonds is 6. The van der Waals surface area contributed by atoms with E-state index in [-0.39, 0.29) is 23.1 Å². The summed E-state index contributed by atoms with van der Waals surface area (Å²) < 4.78 is 10.8. The van der Waals surface area contributed by atoms with Gasteiger partial charge in [0, 0.05) is 10.4 Å². The lowest BCUT2D eigenvalue weighted by Crippen LogP contribution is -2.34. The van der Waals surface area contributed by atoms with E-state index in [0.717, 1.165) is 31.2 Å². The van der Waals surface area contributed by atoms with Crippen LogP contribution in [0.3, 0.4) is 0 Å². The molecule has 6 nitrogen and oxygen atoms in total. The molecule has 0 atom stereocenters. The molecule has 0 bridgehead atoms. The van der Waals surface area contributed by atoms with Crippen LogP contribution in [0.5, 0.6) is 5.75 Å². The molecule has 30 heavy (non-hydrogen) atoms. The van der Waals surface area contributed by atoms with Crippen LogP contribution in [0.1, 0.15) is 64.8 Å². The topological polar surface area (TPSA) is 76.7 Å². The van der Waals surface area contributed by atoms with Gasteiger partial charge in [-0.3, -0.25) is 10.1 Å². The first-order chi connectivity index (χ1) is 14.4. The number of aryl methyl sites for hydroxylation is 1. The number of hydrogen-bond acceptors (Lipinski definition) is 6. The molecule has 1 aromatic carbocycles. The van der Waals surface area contributed by atoms with E-state index in [2.05, 4.69) is 10.6 Å². The molecule has 0 fully saturated rings. The van der Waals surface area contributed by atoms with Crippen molar-refractivity contribution in [1.29, 1.82) is 0 Å². The molecule has 0 radical (unpaired) electrons. The Bertz CT molecular complexity index is 935. The van der Waals surface area contributed by atoms with E-state index in [1.54, 1.807) is 31.2 Å². The smallest absolute Gasteiger partial charge is 0.341 e. The molecule has 0 spiro atoms. The molecular formula is C22H26N2O4S2. The fourth-order valence-corrected chi connectivity index (χ4v) is 4.88. The Morgan fingerprint density at radius 2 is 1.87 bits per heavy atom. The van der Waals surface area contributed by atoms with E-state index in [0.29, 0.717) is 28.5 Å². The lowest BCUT2D eigenvalue weighted by molar-refractivity contribution is 0.0526. The first kappa shape index (κ1) is 22.2. The van der Waals surface area contributed by atoms with Crippen LogP contribution in [0.15, 0.2) is 24.3 Å². The Morgan fingerprint density at radius 3 is 2.53 bits per heavy atom. The molecule has 0 saturated heterocycles.